The summed E-state index contributed by atoms with van der Waals surface area (Å²) in [6, 6.07) is 4.73. The Bertz CT molecular complexity index is 807. The molecule has 1 fully saturated rings. The summed E-state index contributed by atoms with van der Waals surface area (Å²) in [6.07, 6.45) is 2.48. The Balaban J connectivity index is 1.65. The van der Waals surface area contributed by atoms with E-state index in [1.807, 2.05) is 0 Å². The van der Waals surface area contributed by atoms with Crippen LogP contribution in [0.1, 0.15) is 30.1 Å². The van der Waals surface area contributed by atoms with Crippen LogP contribution >= 0.6 is 15.9 Å². The lowest BCUT2D eigenvalue weighted by Gasteiger charge is -2.19. The van der Waals surface area contributed by atoms with Crippen molar-refractivity contribution in [1.82, 2.24) is 10.1 Å². The number of hydrogen-bond donors (Lipinski definition) is 0. The van der Waals surface area contributed by atoms with Gasteiger partial charge in [0.25, 0.3) is 0 Å². The molecule has 0 spiro atoms. The van der Waals surface area contributed by atoms with Crippen molar-refractivity contribution in [3.05, 3.63) is 45.8 Å². The second kappa shape index (κ2) is 6.68. The van der Waals surface area contributed by atoms with Gasteiger partial charge in [0, 0.05) is 12.8 Å². The molecule has 1 saturated heterocycles. The minimum atomic E-state index is -2.93. The molecule has 8 heteroatoms. The minimum absolute atomic E-state index is 0.0435. The largest absolute Gasteiger partial charge is 0.339 e. The molecule has 1 aliphatic heterocycles. The molecule has 2 aromatic rings. The first-order valence-corrected chi connectivity index (χ1v) is 9.98. The molecule has 1 aliphatic rings. The lowest BCUT2D eigenvalue weighted by Crippen LogP contribution is -2.26. The van der Waals surface area contributed by atoms with Gasteiger partial charge in [-0.1, -0.05) is 11.2 Å². The van der Waals surface area contributed by atoms with Gasteiger partial charge in [0.15, 0.2) is 15.7 Å². The molecule has 1 atom stereocenters. The predicted molar refractivity (Wildman–Crippen MR) is 86.3 cm³/mol. The maximum absolute atomic E-state index is 13.2. The van der Waals surface area contributed by atoms with Crippen molar-refractivity contribution in [1.29, 1.82) is 0 Å². The molecule has 0 bridgehead atoms. The molecule has 124 valence electrons. The first kappa shape index (κ1) is 16.6. The standard InChI is InChI=1S/C15H16BrFN2O3S/c16-12-6-10(3-4-13(12)17)7-14-18-15(22-19-14)8-11-2-1-5-23(20,21)9-11/h3-4,6,11H,1-2,5,7-9H2. The van der Waals surface area contributed by atoms with Crippen molar-refractivity contribution < 1.29 is 17.3 Å². The Kier molecular flexibility index (Phi) is 4.82. The highest BCUT2D eigenvalue weighted by Gasteiger charge is 2.26. The number of hydrogen-bond acceptors (Lipinski definition) is 5. The van der Waals surface area contributed by atoms with Gasteiger partial charge >= 0.3 is 0 Å². The van der Waals surface area contributed by atoms with Crippen LogP contribution in [0.3, 0.4) is 0 Å². The maximum atomic E-state index is 13.2. The number of nitrogens with zero attached hydrogens (tertiary/aromatic N) is 2. The van der Waals surface area contributed by atoms with Crippen LogP contribution in [-0.2, 0) is 22.7 Å². The highest BCUT2D eigenvalue weighted by Crippen LogP contribution is 2.22. The minimum Gasteiger partial charge on any atom is -0.339 e. The van der Waals surface area contributed by atoms with E-state index < -0.39 is 9.84 Å². The molecule has 0 saturated carbocycles. The molecule has 0 N–H and O–H groups in total. The zero-order chi connectivity index (χ0) is 16.4. The molecular weight excluding hydrogens is 387 g/mol. The molecule has 23 heavy (non-hydrogen) atoms. The average molecular weight is 403 g/mol. The van der Waals surface area contributed by atoms with Gasteiger partial charge in [-0.05, 0) is 52.4 Å². The van der Waals surface area contributed by atoms with Crippen LogP contribution in [0.5, 0.6) is 0 Å². The summed E-state index contributed by atoms with van der Waals surface area (Å²) in [5, 5.41) is 3.92. The number of halogens is 2. The van der Waals surface area contributed by atoms with Crippen molar-refractivity contribution in [2.45, 2.75) is 25.7 Å². The fourth-order valence-corrected chi connectivity index (χ4v) is 5.00. The topological polar surface area (TPSA) is 73.1 Å². The summed E-state index contributed by atoms with van der Waals surface area (Å²) >= 11 is 3.14. The van der Waals surface area contributed by atoms with Crippen LogP contribution in [0.4, 0.5) is 4.39 Å². The summed E-state index contributed by atoms with van der Waals surface area (Å²) in [5.74, 6) is 1.16. The summed E-state index contributed by atoms with van der Waals surface area (Å²) in [7, 11) is -2.93. The van der Waals surface area contributed by atoms with Crippen LogP contribution in [0.2, 0.25) is 0 Å². The Morgan fingerprint density at radius 1 is 1.39 bits per heavy atom. The Morgan fingerprint density at radius 2 is 2.22 bits per heavy atom. The predicted octanol–water partition coefficient (Wildman–Crippen LogP) is 2.93. The molecule has 1 aromatic heterocycles. The Morgan fingerprint density at radius 3 is 2.96 bits per heavy atom. The SMILES string of the molecule is O=S1(=O)CCCC(Cc2nc(Cc3ccc(F)c(Br)c3)no2)C1. The smallest absolute Gasteiger partial charge is 0.226 e. The average Bonchev–Trinajstić information content (AvgIpc) is 2.89. The number of sulfone groups is 1. The highest BCUT2D eigenvalue weighted by molar-refractivity contribution is 9.10. The van der Waals surface area contributed by atoms with Crippen molar-refractivity contribution >= 4 is 25.8 Å². The van der Waals surface area contributed by atoms with Gasteiger partial charge in [0.05, 0.1) is 16.0 Å². The Labute approximate surface area is 142 Å². The van der Waals surface area contributed by atoms with Crippen LogP contribution in [0.25, 0.3) is 0 Å². The second-order valence-corrected chi connectivity index (χ2v) is 8.94. The molecule has 2 heterocycles. The summed E-state index contributed by atoms with van der Waals surface area (Å²) in [5.41, 5.74) is 0.867. The van der Waals surface area contributed by atoms with Crippen molar-refractivity contribution in [3.63, 3.8) is 0 Å². The third-order valence-electron chi connectivity index (χ3n) is 3.88. The Hall–Kier alpha value is -1.28. The second-order valence-electron chi connectivity index (χ2n) is 5.86. The molecule has 0 aliphatic carbocycles. The van der Waals surface area contributed by atoms with E-state index in [1.165, 1.54) is 6.07 Å². The lowest BCUT2D eigenvalue weighted by molar-refractivity contribution is 0.346. The van der Waals surface area contributed by atoms with Crippen molar-refractivity contribution in [2.75, 3.05) is 11.5 Å². The molecule has 1 unspecified atom stereocenters. The normalized spacial score (nSPS) is 20.5. The molecule has 5 nitrogen and oxygen atoms in total. The summed E-state index contributed by atoms with van der Waals surface area (Å²) < 4.78 is 42.1. The van der Waals surface area contributed by atoms with Gasteiger partial charge < -0.3 is 4.52 Å². The van der Waals surface area contributed by atoms with Crippen LogP contribution < -0.4 is 0 Å². The van der Waals surface area contributed by atoms with Crippen molar-refractivity contribution in [3.8, 4) is 0 Å². The zero-order valence-electron chi connectivity index (χ0n) is 12.3. The molecule has 3 rings (SSSR count). The van der Waals surface area contributed by atoms with E-state index in [1.54, 1.807) is 12.1 Å². The monoisotopic (exact) mass is 402 g/mol. The van der Waals surface area contributed by atoms with E-state index >= 15 is 0 Å². The zero-order valence-corrected chi connectivity index (χ0v) is 14.7. The van der Waals surface area contributed by atoms with Crippen LogP contribution in [0.15, 0.2) is 27.2 Å². The number of benzene rings is 1. The molecule has 0 radical (unpaired) electrons. The van der Waals surface area contributed by atoms with Gasteiger partial charge in [0.2, 0.25) is 5.89 Å². The quantitative estimate of drug-likeness (QED) is 0.785. The van der Waals surface area contributed by atoms with Gasteiger partial charge in [0.1, 0.15) is 5.82 Å². The van der Waals surface area contributed by atoms with Gasteiger partial charge in [-0.3, -0.25) is 0 Å². The molecule has 1 aromatic carbocycles. The lowest BCUT2D eigenvalue weighted by atomic mass is 10.0. The fraction of sp³-hybridized carbons (Fsp3) is 0.467. The van der Waals surface area contributed by atoms with Gasteiger partial charge in [-0.25, -0.2) is 12.8 Å². The van der Waals surface area contributed by atoms with E-state index in [4.69, 9.17) is 4.52 Å². The van der Waals surface area contributed by atoms with E-state index in [2.05, 4.69) is 26.1 Å². The number of rotatable bonds is 4. The van der Waals surface area contributed by atoms with Gasteiger partial charge in [-0.15, -0.1) is 0 Å². The van der Waals surface area contributed by atoms with Crippen molar-refractivity contribution in [2.24, 2.45) is 5.92 Å². The molecule has 0 amide bonds. The van der Waals surface area contributed by atoms with Crippen LogP contribution in [0, 0.1) is 11.7 Å². The fourth-order valence-electron chi connectivity index (χ4n) is 2.80. The van der Waals surface area contributed by atoms with E-state index in [-0.39, 0.29) is 23.2 Å². The van der Waals surface area contributed by atoms with E-state index in [0.29, 0.717) is 35.5 Å². The number of aromatic nitrogens is 2. The third kappa shape index (κ3) is 4.38. The van der Waals surface area contributed by atoms with E-state index in [9.17, 15) is 12.8 Å². The molecular formula is C15H16BrFN2O3S. The first-order valence-electron chi connectivity index (χ1n) is 7.37. The van der Waals surface area contributed by atoms with E-state index in [0.717, 1.165) is 12.0 Å². The summed E-state index contributed by atoms with van der Waals surface area (Å²) in [6.45, 7) is 0. The third-order valence-corrected chi connectivity index (χ3v) is 6.37. The van der Waals surface area contributed by atoms with Gasteiger partial charge in [-0.2, -0.15) is 4.98 Å². The highest BCUT2D eigenvalue weighted by atomic mass is 79.9. The maximum Gasteiger partial charge on any atom is 0.226 e. The summed E-state index contributed by atoms with van der Waals surface area (Å²) in [4.78, 5) is 4.32. The first-order chi connectivity index (χ1) is 10.9. The van der Waals surface area contributed by atoms with Crippen LogP contribution in [-0.4, -0.2) is 30.1 Å².